The van der Waals surface area contributed by atoms with Crippen molar-refractivity contribution in [2.75, 3.05) is 20.8 Å². The summed E-state index contributed by atoms with van der Waals surface area (Å²) in [5.74, 6) is -1.56. The molecule has 3 aliphatic heterocycles. The molecule has 3 rings (SSSR count). The molecule has 0 spiro atoms. The van der Waals surface area contributed by atoms with Gasteiger partial charge in [-0.25, -0.2) is 14.4 Å². The van der Waals surface area contributed by atoms with E-state index in [9.17, 15) is 18.6 Å². The van der Waals surface area contributed by atoms with Crippen molar-refractivity contribution in [2.24, 2.45) is 0 Å². The number of carbonyl (C=O) groups is 3. The van der Waals surface area contributed by atoms with Gasteiger partial charge in [-0.1, -0.05) is 0 Å². The summed E-state index contributed by atoms with van der Waals surface area (Å²) in [6.07, 6.45) is -3.87. The minimum absolute atomic E-state index is 0.0209. The average molecular weight is 465 g/mol. The summed E-state index contributed by atoms with van der Waals surface area (Å²) in [4.78, 5) is 37.4. The Morgan fingerprint density at radius 3 is 2.45 bits per heavy atom. The third kappa shape index (κ3) is 5.17. The number of carbonyl (C=O) groups excluding carboxylic acids is 3. The molecule has 1 N–H and O–H groups in total. The topological polar surface area (TPSA) is 145 Å². The first-order chi connectivity index (χ1) is 14.5. The number of nitrogens with one attached hydrogen (secondary N) is 1. The molecule has 0 bridgehead atoms. The molecule has 0 aromatic rings. The molecule has 176 valence electrons. The minimum Gasteiger partial charge on any atom is -0.467 e. The van der Waals surface area contributed by atoms with Gasteiger partial charge in [0, 0.05) is 12.8 Å². The summed E-state index contributed by atoms with van der Waals surface area (Å²) in [7, 11) is 2.33. The van der Waals surface area contributed by atoms with Crippen molar-refractivity contribution >= 4 is 29.4 Å². The minimum atomic E-state index is -1.95. The van der Waals surface area contributed by atoms with Gasteiger partial charge in [-0.2, -0.15) is 4.21 Å². The predicted octanol–water partition coefficient (Wildman–Crippen LogP) is -0.0950. The molecule has 12 nitrogen and oxygen atoms in total. The van der Waals surface area contributed by atoms with Gasteiger partial charge < -0.3 is 29.0 Å². The Morgan fingerprint density at radius 1 is 1.13 bits per heavy atom. The number of ether oxygens (including phenoxy) is 5. The number of amides is 1. The van der Waals surface area contributed by atoms with Crippen LogP contribution in [-0.2, 0) is 53.0 Å². The predicted molar refractivity (Wildman–Crippen MR) is 102 cm³/mol. The van der Waals surface area contributed by atoms with E-state index in [0.717, 1.165) is 7.11 Å². The molecule has 3 saturated heterocycles. The monoisotopic (exact) mass is 465 g/mol. The van der Waals surface area contributed by atoms with Gasteiger partial charge in [0.05, 0.1) is 26.9 Å². The summed E-state index contributed by atoms with van der Waals surface area (Å²) in [6, 6.07) is -1.27. The third-order valence-electron chi connectivity index (χ3n) is 5.08. The molecule has 3 fully saturated rings. The first-order valence-electron chi connectivity index (χ1n) is 9.69. The number of rotatable bonds is 5. The van der Waals surface area contributed by atoms with Crippen LogP contribution in [0.5, 0.6) is 0 Å². The van der Waals surface area contributed by atoms with Crippen molar-refractivity contribution in [3.05, 3.63) is 0 Å². The Kier molecular flexibility index (Phi) is 6.91. The molecule has 13 heteroatoms. The molecule has 0 radical (unpaired) electrons. The van der Waals surface area contributed by atoms with E-state index in [0.29, 0.717) is 0 Å². The fraction of sp³-hybridized carbons (Fsp3) is 0.833. The number of hydrogen-bond acceptors (Lipinski definition) is 11. The number of methoxy groups -OCH3 is 2. The Labute approximate surface area is 182 Å². The van der Waals surface area contributed by atoms with Crippen LogP contribution in [0.2, 0.25) is 0 Å². The highest BCUT2D eigenvalue weighted by atomic mass is 32.2. The number of hydrogen-bond donors (Lipinski definition) is 1. The molecule has 0 aliphatic carbocycles. The summed E-state index contributed by atoms with van der Waals surface area (Å²) in [6.45, 7) is 5.11. The molecule has 1 amide bonds. The highest BCUT2D eigenvalue weighted by molar-refractivity contribution is 7.75. The van der Waals surface area contributed by atoms with Crippen LogP contribution in [0.4, 0.5) is 4.79 Å². The maximum atomic E-state index is 12.8. The Bertz CT molecular complexity index is 753. The Hall–Kier alpha value is -1.80. The third-order valence-corrected chi connectivity index (χ3v) is 5.87. The summed E-state index contributed by atoms with van der Waals surface area (Å²) >= 11 is -1.95. The Balaban J connectivity index is 1.82. The van der Waals surface area contributed by atoms with Crippen molar-refractivity contribution < 1.29 is 50.6 Å². The average Bonchev–Trinajstić information content (AvgIpc) is 3.24. The Morgan fingerprint density at radius 2 is 1.84 bits per heavy atom. The van der Waals surface area contributed by atoms with Crippen LogP contribution in [0.1, 0.15) is 33.6 Å². The second-order valence-corrected chi connectivity index (χ2v) is 9.26. The van der Waals surface area contributed by atoms with Crippen molar-refractivity contribution in [1.29, 1.82) is 0 Å². The largest absolute Gasteiger partial charge is 0.467 e. The smallest absolute Gasteiger partial charge is 0.408 e. The lowest BCUT2D eigenvalue weighted by molar-refractivity contribution is -0.183. The fourth-order valence-corrected chi connectivity index (χ4v) is 4.67. The first-order valence-corrected chi connectivity index (χ1v) is 10.7. The van der Waals surface area contributed by atoms with Crippen molar-refractivity contribution in [3.63, 3.8) is 0 Å². The molecule has 3 heterocycles. The van der Waals surface area contributed by atoms with Gasteiger partial charge in [-0.15, -0.1) is 0 Å². The van der Waals surface area contributed by atoms with E-state index in [1.807, 2.05) is 0 Å². The zero-order chi connectivity index (χ0) is 23.0. The molecule has 0 aromatic heterocycles. The lowest BCUT2D eigenvalue weighted by Gasteiger charge is -2.32. The molecule has 0 aromatic carbocycles. The van der Waals surface area contributed by atoms with E-state index < -0.39 is 71.1 Å². The standard InChI is InChI=1S/C18H27NO11S/c1-17(2,3)28-16(22)19-9(14(20)24-4)6-18(15(21)25-5)7-10-12(27-18)13-11(8-26-10)29-31(23)30-13/h9-13H,6-8H2,1-5H3,(H,19,22)/t9-,10+,11-,12-,13-,18+,31?/m0/s1. The second-order valence-electron chi connectivity index (χ2n) is 8.47. The number of esters is 2. The van der Waals surface area contributed by atoms with Crippen LogP contribution in [0.3, 0.4) is 0 Å². The maximum Gasteiger partial charge on any atom is 0.408 e. The summed E-state index contributed by atoms with van der Waals surface area (Å²) in [5, 5.41) is 2.42. The normalized spacial score (nSPS) is 35.5. The molecular weight excluding hydrogens is 438 g/mol. The van der Waals surface area contributed by atoms with Crippen LogP contribution in [0.15, 0.2) is 0 Å². The molecule has 3 aliphatic rings. The second kappa shape index (κ2) is 8.98. The summed E-state index contributed by atoms with van der Waals surface area (Å²) < 4.78 is 48.7. The van der Waals surface area contributed by atoms with Crippen molar-refractivity contribution in [1.82, 2.24) is 5.32 Å². The van der Waals surface area contributed by atoms with E-state index in [1.165, 1.54) is 7.11 Å². The van der Waals surface area contributed by atoms with Gasteiger partial charge in [0.15, 0.2) is 5.60 Å². The van der Waals surface area contributed by atoms with E-state index in [-0.39, 0.29) is 19.4 Å². The molecule has 31 heavy (non-hydrogen) atoms. The summed E-state index contributed by atoms with van der Waals surface area (Å²) in [5.41, 5.74) is -2.46. The quantitative estimate of drug-likeness (QED) is 0.429. The van der Waals surface area contributed by atoms with E-state index in [4.69, 9.17) is 32.1 Å². The van der Waals surface area contributed by atoms with Crippen LogP contribution in [0, 0.1) is 0 Å². The molecular formula is C18H27NO11S. The lowest BCUT2D eigenvalue weighted by atomic mass is 9.89. The number of fused-ring (bicyclic) bond motifs is 3. The van der Waals surface area contributed by atoms with E-state index in [2.05, 4.69) is 5.32 Å². The molecule has 1 unspecified atom stereocenters. The zero-order valence-corrected chi connectivity index (χ0v) is 18.7. The zero-order valence-electron chi connectivity index (χ0n) is 17.9. The highest BCUT2D eigenvalue weighted by Gasteiger charge is 2.61. The maximum absolute atomic E-state index is 12.8. The van der Waals surface area contributed by atoms with E-state index in [1.54, 1.807) is 20.8 Å². The van der Waals surface area contributed by atoms with Gasteiger partial charge in [0.2, 0.25) is 0 Å². The van der Waals surface area contributed by atoms with E-state index >= 15 is 0 Å². The van der Waals surface area contributed by atoms with Crippen LogP contribution in [-0.4, -0.2) is 84.7 Å². The van der Waals surface area contributed by atoms with Gasteiger partial charge >= 0.3 is 29.4 Å². The SMILES string of the molecule is COC(=O)[C@H](C[C@]1(C(=O)OC)C[C@H]2OC[C@@H]3OS(=O)O[C@@H]3[C@H]2O1)NC(=O)OC(C)(C)C. The first kappa shape index (κ1) is 23.9. The fourth-order valence-electron chi connectivity index (χ4n) is 3.84. The molecule has 7 atom stereocenters. The van der Waals surface area contributed by atoms with Crippen molar-refractivity contribution in [3.8, 4) is 0 Å². The van der Waals surface area contributed by atoms with Crippen molar-refractivity contribution in [2.45, 2.75) is 75.3 Å². The lowest BCUT2D eigenvalue weighted by Crippen LogP contribution is -2.52. The van der Waals surface area contributed by atoms with Gasteiger partial charge in [0.1, 0.15) is 30.0 Å². The van der Waals surface area contributed by atoms with Gasteiger partial charge in [0.25, 0.3) is 0 Å². The number of alkyl carbamates (subject to hydrolysis) is 1. The van der Waals surface area contributed by atoms with Crippen LogP contribution < -0.4 is 5.32 Å². The van der Waals surface area contributed by atoms with Gasteiger partial charge in [-0.3, -0.25) is 8.37 Å². The highest BCUT2D eigenvalue weighted by Crippen LogP contribution is 2.44. The molecule has 0 saturated carbocycles. The van der Waals surface area contributed by atoms with Gasteiger partial charge in [-0.05, 0) is 20.8 Å². The van der Waals surface area contributed by atoms with Crippen LogP contribution in [0.25, 0.3) is 0 Å². The van der Waals surface area contributed by atoms with Crippen LogP contribution >= 0.6 is 0 Å².